The summed E-state index contributed by atoms with van der Waals surface area (Å²) in [6.45, 7) is 5.27. The first-order valence-corrected chi connectivity index (χ1v) is 6.98. The van der Waals surface area contributed by atoms with E-state index in [0.717, 1.165) is 45.5 Å². The summed E-state index contributed by atoms with van der Waals surface area (Å²) < 4.78 is 5.75. The summed E-state index contributed by atoms with van der Waals surface area (Å²) >= 11 is 0. The van der Waals surface area contributed by atoms with Crippen LogP contribution in [-0.2, 0) is 9.53 Å². The van der Waals surface area contributed by atoms with E-state index in [1.54, 1.807) is 0 Å². The Morgan fingerprint density at radius 1 is 1.50 bits per heavy atom. The van der Waals surface area contributed by atoms with Gasteiger partial charge in [0.15, 0.2) is 0 Å². The van der Waals surface area contributed by atoms with Gasteiger partial charge in [-0.2, -0.15) is 0 Å². The molecule has 102 valence electrons. The van der Waals surface area contributed by atoms with Crippen molar-refractivity contribution in [3.05, 3.63) is 0 Å². The highest BCUT2D eigenvalue weighted by Crippen LogP contribution is 2.42. The molecule has 5 heteroatoms. The van der Waals surface area contributed by atoms with Crippen LogP contribution < -0.4 is 5.32 Å². The number of aliphatic carboxylic acids is 1. The van der Waals surface area contributed by atoms with Crippen LogP contribution in [0.15, 0.2) is 0 Å². The fraction of sp³-hybridized carbons (Fsp3) is 0.923. The molecule has 3 aliphatic rings. The summed E-state index contributed by atoms with van der Waals surface area (Å²) in [7, 11) is 0. The van der Waals surface area contributed by atoms with Crippen LogP contribution in [0.4, 0.5) is 0 Å². The van der Waals surface area contributed by atoms with Gasteiger partial charge in [-0.25, -0.2) is 0 Å². The molecule has 0 aromatic heterocycles. The van der Waals surface area contributed by atoms with Crippen molar-refractivity contribution in [1.29, 1.82) is 0 Å². The van der Waals surface area contributed by atoms with E-state index >= 15 is 0 Å². The van der Waals surface area contributed by atoms with Crippen molar-refractivity contribution in [1.82, 2.24) is 10.2 Å². The second-order valence-electron chi connectivity index (χ2n) is 5.90. The van der Waals surface area contributed by atoms with Gasteiger partial charge in [0.2, 0.25) is 0 Å². The molecule has 0 spiro atoms. The Morgan fingerprint density at radius 3 is 2.94 bits per heavy atom. The number of ether oxygens (including phenoxy) is 1. The van der Waals surface area contributed by atoms with E-state index in [1.807, 2.05) is 0 Å². The first kappa shape index (κ1) is 12.4. The number of hydrogen-bond acceptors (Lipinski definition) is 4. The molecule has 0 aromatic rings. The number of carboxylic acid groups (broad SMARTS) is 1. The predicted octanol–water partition coefficient (Wildman–Crippen LogP) is 0.302. The average molecular weight is 254 g/mol. The maximum absolute atomic E-state index is 11.8. The van der Waals surface area contributed by atoms with Crippen LogP contribution in [0.3, 0.4) is 0 Å². The third-order valence-corrected chi connectivity index (χ3v) is 5.05. The van der Waals surface area contributed by atoms with E-state index in [0.29, 0.717) is 6.04 Å². The van der Waals surface area contributed by atoms with Crippen molar-refractivity contribution in [2.45, 2.75) is 43.9 Å². The molecule has 3 fully saturated rings. The lowest BCUT2D eigenvalue weighted by Gasteiger charge is -2.38. The third kappa shape index (κ3) is 1.68. The van der Waals surface area contributed by atoms with Gasteiger partial charge in [-0.15, -0.1) is 0 Å². The molecule has 2 saturated heterocycles. The summed E-state index contributed by atoms with van der Waals surface area (Å²) in [6.07, 6.45) is 2.99. The summed E-state index contributed by atoms with van der Waals surface area (Å²) in [4.78, 5) is 14.0. The lowest BCUT2D eigenvalue weighted by atomic mass is 9.86. The molecule has 5 nitrogen and oxygen atoms in total. The molecular formula is C13H22N2O3. The van der Waals surface area contributed by atoms with Crippen LogP contribution in [-0.4, -0.2) is 59.9 Å². The minimum atomic E-state index is -0.650. The fourth-order valence-corrected chi connectivity index (χ4v) is 4.00. The number of morpholine rings is 1. The second-order valence-corrected chi connectivity index (χ2v) is 5.90. The number of hydrogen-bond donors (Lipinski definition) is 2. The molecule has 0 bridgehead atoms. The van der Waals surface area contributed by atoms with Crippen molar-refractivity contribution in [2.24, 2.45) is 5.92 Å². The zero-order chi connectivity index (χ0) is 12.8. The largest absolute Gasteiger partial charge is 0.480 e. The average Bonchev–Trinajstić information content (AvgIpc) is 2.92. The smallest absolute Gasteiger partial charge is 0.324 e. The zero-order valence-corrected chi connectivity index (χ0v) is 10.9. The molecular weight excluding hydrogens is 232 g/mol. The van der Waals surface area contributed by atoms with Gasteiger partial charge in [0.05, 0.1) is 12.7 Å². The van der Waals surface area contributed by atoms with Crippen molar-refractivity contribution < 1.29 is 14.6 Å². The Kier molecular flexibility index (Phi) is 3.08. The Morgan fingerprint density at radius 2 is 2.33 bits per heavy atom. The Hall–Kier alpha value is -0.650. The minimum Gasteiger partial charge on any atom is -0.480 e. The van der Waals surface area contributed by atoms with E-state index in [4.69, 9.17) is 4.74 Å². The summed E-state index contributed by atoms with van der Waals surface area (Å²) in [5, 5.41) is 13.2. The van der Waals surface area contributed by atoms with Gasteiger partial charge in [0, 0.05) is 25.7 Å². The maximum atomic E-state index is 11.8. The Bertz CT molecular complexity index is 335. The molecule has 4 atom stereocenters. The molecule has 2 N–H and O–H groups in total. The summed E-state index contributed by atoms with van der Waals surface area (Å²) in [5.41, 5.74) is -0.650. The molecule has 4 unspecified atom stereocenters. The van der Waals surface area contributed by atoms with E-state index in [1.165, 1.54) is 0 Å². The van der Waals surface area contributed by atoms with Crippen LogP contribution in [0.25, 0.3) is 0 Å². The van der Waals surface area contributed by atoms with Crippen LogP contribution in [0.1, 0.15) is 26.2 Å². The monoisotopic (exact) mass is 254 g/mol. The fourth-order valence-electron chi connectivity index (χ4n) is 4.00. The lowest BCUT2D eigenvalue weighted by molar-refractivity contribution is -0.153. The standard InChI is InChI=1S/C13H22N2O3/c1-9-3-2-4-13(9,12(16)17)15-7-10-11(8-15)18-6-5-14-10/h9-11,14H,2-8H2,1H3,(H,16,17). The summed E-state index contributed by atoms with van der Waals surface area (Å²) in [6, 6.07) is 0.308. The number of carbonyl (C=O) groups is 1. The van der Waals surface area contributed by atoms with Crippen molar-refractivity contribution >= 4 is 5.97 Å². The van der Waals surface area contributed by atoms with E-state index in [-0.39, 0.29) is 12.0 Å². The highest BCUT2D eigenvalue weighted by atomic mass is 16.5. The minimum absolute atomic E-state index is 0.169. The molecule has 1 saturated carbocycles. The van der Waals surface area contributed by atoms with Crippen LogP contribution in [0.5, 0.6) is 0 Å². The molecule has 3 rings (SSSR count). The van der Waals surface area contributed by atoms with Gasteiger partial charge in [0.1, 0.15) is 5.54 Å². The van der Waals surface area contributed by atoms with E-state index < -0.39 is 11.5 Å². The molecule has 0 radical (unpaired) electrons. The molecule has 0 aromatic carbocycles. The quantitative estimate of drug-likeness (QED) is 0.742. The first-order valence-electron chi connectivity index (χ1n) is 6.98. The molecule has 0 amide bonds. The highest BCUT2D eigenvalue weighted by Gasteiger charge is 2.55. The van der Waals surface area contributed by atoms with Gasteiger partial charge in [0.25, 0.3) is 0 Å². The van der Waals surface area contributed by atoms with Crippen LogP contribution in [0.2, 0.25) is 0 Å². The van der Waals surface area contributed by atoms with E-state index in [9.17, 15) is 9.90 Å². The predicted molar refractivity (Wildman–Crippen MR) is 66.5 cm³/mol. The second kappa shape index (κ2) is 4.47. The van der Waals surface area contributed by atoms with Gasteiger partial charge in [-0.05, 0) is 18.8 Å². The number of carboxylic acids is 1. The maximum Gasteiger partial charge on any atom is 0.324 e. The molecule has 2 heterocycles. The lowest BCUT2D eigenvalue weighted by Crippen LogP contribution is -2.56. The third-order valence-electron chi connectivity index (χ3n) is 5.05. The zero-order valence-electron chi connectivity index (χ0n) is 10.9. The number of nitrogens with one attached hydrogen (secondary N) is 1. The van der Waals surface area contributed by atoms with Gasteiger partial charge >= 0.3 is 5.97 Å². The first-order chi connectivity index (χ1) is 8.64. The number of fused-ring (bicyclic) bond motifs is 1. The summed E-state index contributed by atoms with van der Waals surface area (Å²) in [5.74, 6) is -0.415. The highest BCUT2D eigenvalue weighted by molar-refractivity contribution is 5.79. The Balaban J connectivity index is 1.82. The SMILES string of the molecule is CC1CCCC1(C(=O)O)N1CC2NCCOC2C1. The van der Waals surface area contributed by atoms with E-state index in [2.05, 4.69) is 17.1 Å². The van der Waals surface area contributed by atoms with Gasteiger partial charge < -0.3 is 15.2 Å². The number of rotatable bonds is 2. The van der Waals surface area contributed by atoms with Gasteiger partial charge in [-0.1, -0.05) is 13.3 Å². The van der Waals surface area contributed by atoms with Crippen LogP contribution in [0, 0.1) is 5.92 Å². The topological polar surface area (TPSA) is 61.8 Å². The van der Waals surface area contributed by atoms with Crippen molar-refractivity contribution in [3.63, 3.8) is 0 Å². The molecule has 1 aliphatic carbocycles. The Labute approximate surface area is 107 Å². The van der Waals surface area contributed by atoms with Crippen molar-refractivity contribution in [3.8, 4) is 0 Å². The normalized spacial score (nSPS) is 45.1. The van der Waals surface area contributed by atoms with Crippen molar-refractivity contribution in [2.75, 3.05) is 26.2 Å². The number of nitrogens with zero attached hydrogens (tertiary/aromatic N) is 1. The van der Waals surface area contributed by atoms with Gasteiger partial charge in [-0.3, -0.25) is 9.69 Å². The molecule has 2 aliphatic heterocycles. The molecule has 18 heavy (non-hydrogen) atoms. The number of likely N-dealkylation sites (tertiary alicyclic amines) is 1. The van der Waals surface area contributed by atoms with Crippen LogP contribution >= 0.6 is 0 Å².